The number of nitrogen functional groups attached to an aromatic ring is 1. The van der Waals surface area contributed by atoms with Crippen molar-refractivity contribution >= 4 is 50.0 Å². The fourth-order valence-corrected chi connectivity index (χ4v) is 3.93. The third-order valence-electron chi connectivity index (χ3n) is 3.68. The molecule has 1 aliphatic carbocycles. The van der Waals surface area contributed by atoms with E-state index in [2.05, 4.69) is 50.2 Å². The number of hydrogen-bond donors (Lipinski definition) is 2. The van der Waals surface area contributed by atoms with Gasteiger partial charge in [0.1, 0.15) is 0 Å². The summed E-state index contributed by atoms with van der Waals surface area (Å²) in [6.07, 6.45) is 6.67. The van der Waals surface area contributed by atoms with Crippen LogP contribution in [0, 0.1) is 0 Å². The minimum Gasteiger partial charge on any atom is -0.398 e. The molecule has 0 bridgehead atoms. The second-order valence-corrected chi connectivity index (χ2v) is 6.88. The molecule has 3 N–H and O–H groups in total. The maximum atomic E-state index is 6.15. The van der Waals surface area contributed by atoms with Gasteiger partial charge in [-0.1, -0.05) is 35.2 Å². The summed E-state index contributed by atoms with van der Waals surface area (Å²) in [5.41, 5.74) is 8.16. The van der Waals surface area contributed by atoms with Gasteiger partial charge in [0.2, 0.25) is 0 Å². The van der Waals surface area contributed by atoms with Crippen molar-refractivity contribution in [2.24, 2.45) is 0 Å². The minimum absolute atomic E-state index is 0. The number of anilines is 1. The van der Waals surface area contributed by atoms with E-state index < -0.39 is 0 Å². The number of hydrogen-bond acceptors (Lipinski definition) is 2. The Balaban J connectivity index is 0.00000180. The molecule has 2 nitrogen and oxygen atoms in total. The first-order valence-electron chi connectivity index (χ1n) is 6.58. The van der Waals surface area contributed by atoms with Crippen LogP contribution in [0.25, 0.3) is 0 Å². The average molecular weight is 413 g/mol. The summed E-state index contributed by atoms with van der Waals surface area (Å²) in [6.45, 7) is 2.19. The monoisotopic (exact) mass is 410 g/mol. The van der Waals surface area contributed by atoms with Crippen molar-refractivity contribution < 1.29 is 0 Å². The van der Waals surface area contributed by atoms with Gasteiger partial charge in [0.05, 0.1) is 5.69 Å². The third-order valence-corrected chi connectivity index (χ3v) is 4.80. The van der Waals surface area contributed by atoms with Gasteiger partial charge in [0, 0.05) is 21.0 Å². The van der Waals surface area contributed by atoms with Crippen molar-refractivity contribution in [2.75, 3.05) is 5.73 Å². The van der Waals surface area contributed by atoms with E-state index in [4.69, 9.17) is 5.73 Å². The molecule has 1 unspecified atom stereocenters. The topological polar surface area (TPSA) is 38.0 Å². The van der Waals surface area contributed by atoms with Crippen LogP contribution in [-0.4, -0.2) is 6.04 Å². The van der Waals surface area contributed by atoms with Crippen molar-refractivity contribution in [3.63, 3.8) is 0 Å². The van der Waals surface area contributed by atoms with Crippen LogP contribution in [0.5, 0.6) is 0 Å². The summed E-state index contributed by atoms with van der Waals surface area (Å²) in [7, 11) is 0. The van der Waals surface area contributed by atoms with Gasteiger partial charge < -0.3 is 11.1 Å². The molecule has 2 rings (SSSR count). The number of benzene rings is 1. The molecule has 0 aromatic heterocycles. The van der Waals surface area contributed by atoms with Crippen LogP contribution in [0.1, 0.15) is 50.6 Å². The second-order valence-electron chi connectivity index (χ2n) is 5.11. The first-order chi connectivity index (χ1) is 8.58. The molecule has 1 fully saturated rings. The summed E-state index contributed by atoms with van der Waals surface area (Å²) in [5, 5.41) is 3.71. The highest BCUT2D eigenvalue weighted by Gasteiger charge is 2.18. The summed E-state index contributed by atoms with van der Waals surface area (Å²) in [4.78, 5) is 0. The lowest BCUT2D eigenvalue weighted by Crippen LogP contribution is -2.33. The quantitative estimate of drug-likeness (QED) is 0.670. The van der Waals surface area contributed by atoms with Gasteiger partial charge in [0.25, 0.3) is 0 Å². The molecule has 0 aliphatic heterocycles. The predicted molar refractivity (Wildman–Crippen MR) is 91.9 cm³/mol. The predicted octanol–water partition coefficient (Wildman–Crippen LogP) is 5.20. The highest BCUT2D eigenvalue weighted by molar-refractivity contribution is 9.11. The van der Waals surface area contributed by atoms with E-state index in [1.54, 1.807) is 0 Å². The van der Waals surface area contributed by atoms with Crippen molar-refractivity contribution in [3.8, 4) is 0 Å². The van der Waals surface area contributed by atoms with Gasteiger partial charge in [-0.05, 0) is 53.4 Å². The Bertz CT molecular complexity index is 420. The van der Waals surface area contributed by atoms with Crippen molar-refractivity contribution in [3.05, 3.63) is 26.6 Å². The van der Waals surface area contributed by atoms with Gasteiger partial charge in [-0.3, -0.25) is 0 Å². The molecule has 0 heterocycles. The Hall–Kier alpha value is 0.230. The van der Waals surface area contributed by atoms with Crippen molar-refractivity contribution in [1.82, 2.24) is 5.32 Å². The molecule has 1 aliphatic rings. The number of halogens is 3. The van der Waals surface area contributed by atoms with Crippen LogP contribution in [0.3, 0.4) is 0 Å². The molecule has 0 radical (unpaired) electrons. The zero-order chi connectivity index (χ0) is 13.1. The maximum absolute atomic E-state index is 6.15. The molecule has 1 aromatic rings. The van der Waals surface area contributed by atoms with E-state index in [0.29, 0.717) is 12.1 Å². The lowest BCUT2D eigenvalue weighted by atomic mass is 9.94. The SMILES string of the molecule is CC(NC1CCCCC1)c1cc(Br)cc(Br)c1N.Cl. The van der Waals surface area contributed by atoms with E-state index in [9.17, 15) is 0 Å². The Morgan fingerprint density at radius 2 is 1.84 bits per heavy atom. The highest BCUT2D eigenvalue weighted by atomic mass is 79.9. The van der Waals surface area contributed by atoms with Crippen LogP contribution in [0.4, 0.5) is 5.69 Å². The van der Waals surface area contributed by atoms with Crippen molar-refractivity contribution in [1.29, 1.82) is 0 Å². The molecule has 19 heavy (non-hydrogen) atoms. The molecule has 1 atom stereocenters. The third kappa shape index (κ3) is 4.62. The van der Waals surface area contributed by atoms with Gasteiger partial charge in [0.15, 0.2) is 0 Å². The van der Waals surface area contributed by atoms with Gasteiger partial charge in [-0.2, -0.15) is 0 Å². The smallest absolute Gasteiger partial charge is 0.0507 e. The Kier molecular flexibility index (Phi) is 7.15. The molecule has 1 aromatic carbocycles. The first kappa shape index (κ1) is 17.3. The largest absolute Gasteiger partial charge is 0.398 e. The van der Waals surface area contributed by atoms with Crippen LogP contribution >= 0.6 is 44.3 Å². The summed E-state index contributed by atoms with van der Waals surface area (Å²) in [5.74, 6) is 0. The lowest BCUT2D eigenvalue weighted by Gasteiger charge is -2.27. The molecule has 0 amide bonds. The van der Waals surface area contributed by atoms with E-state index in [-0.39, 0.29) is 12.4 Å². The van der Waals surface area contributed by atoms with Crippen LogP contribution in [-0.2, 0) is 0 Å². The van der Waals surface area contributed by atoms with E-state index in [1.165, 1.54) is 37.7 Å². The second kappa shape index (κ2) is 7.87. The molecule has 108 valence electrons. The summed E-state index contributed by atoms with van der Waals surface area (Å²) >= 11 is 7.03. The number of rotatable bonds is 3. The van der Waals surface area contributed by atoms with Gasteiger partial charge >= 0.3 is 0 Å². The first-order valence-corrected chi connectivity index (χ1v) is 8.17. The minimum atomic E-state index is 0. The molecule has 0 saturated heterocycles. The average Bonchev–Trinajstić information content (AvgIpc) is 2.35. The maximum Gasteiger partial charge on any atom is 0.0507 e. The zero-order valence-electron chi connectivity index (χ0n) is 11.1. The van der Waals surface area contributed by atoms with Crippen LogP contribution < -0.4 is 11.1 Å². The standard InChI is InChI=1S/C14H20Br2N2.ClH/c1-9(18-11-5-3-2-4-6-11)12-7-10(15)8-13(16)14(12)17;/h7-9,11,18H,2-6,17H2,1H3;1H. The fraction of sp³-hybridized carbons (Fsp3) is 0.571. The van der Waals surface area contributed by atoms with Gasteiger partial charge in [-0.25, -0.2) is 0 Å². The molecular formula is C14H21Br2ClN2. The number of nitrogens with one attached hydrogen (secondary N) is 1. The molecule has 0 spiro atoms. The van der Waals surface area contributed by atoms with Crippen LogP contribution in [0.15, 0.2) is 21.1 Å². The Labute approximate surface area is 138 Å². The molecular weight excluding hydrogens is 391 g/mol. The highest BCUT2D eigenvalue weighted by Crippen LogP contribution is 2.32. The van der Waals surface area contributed by atoms with Crippen LogP contribution in [0.2, 0.25) is 0 Å². The number of nitrogens with two attached hydrogens (primary N) is 1. The normalized spacial score (nSPS) is 17.8. The van der Waals surface area contributed by atoms with Gasteiger partial charge in [-0.15, -0.1) is 12.4 Å². The fourth-order valence-electron chi connectivity index (χ4n) is 2.68. The Morgan fingerprint density at radius 3 is 2.47 bits per heavy atom. The Morgan fingerprint density at radius 1 is 1.21 bits per heavy atom. The zero-order valence-corrected chi connectivity index (χ0v) is 15.1. The molecule has 1 saturated carbocycles. The van der Waals surface area contributed by atoms with E-state index in [1.807, 2.05) is 6.07 Å². The van der Waals surface area contributed by atoms with E-state index in [0.717, 1.165) is 14.6 Å². The molecule has 5 heteroatoms. The lowest BCUT2D eigenvalue weighted by molar-refractivity contribution is 0.347. The van der Waals surface area contributed by atoms with E-state index >= 15 is 0 Å². The summed E-state index contributed by atoms with van der Waals surface area (Å²) in [6, 6.07) is 5.04. The summed E-state index contributed by atoms with van der Waals surface area (Å²) < 4.78 is 2.03. The van der Waals surface area contributed by atoms with Crippen molar-refractivity contribution in [2.45, 2.75) is 51.1 Å².